The van der Waals surface area contributed by atoms with Gasteiger partial charge in [-0.3, -0.25) is 4.21 Å². The fourth-order valence-electron chi connectivity index (χ4n) is 0.715. The van der Waals surface area contributed by atoms with Crippen molar-refractivity contribution in [3.63, 3.8) is 0 Å². The molecule has 0 rings (SSSR count). The second kappa shape index (κ2) is 4.09. The van der Waals surface area contributed by atoms with Gasteiger partial charge in [0.15, 0.2) is 0 Å². The monoisotopic (exact) mass is 163 g/mol. The van der Waals surface area contributed by atoms with E-state index in [4.69, 9.17) is 5.73 Å². The normalized spacial score (nSPS) is 15.2. The van der Waals surface area contributed by atoms with Gasteiger partial charge in [-0.15, -0.1) is 0 Å². The van der Waals surface area contributed by atoms with Crippen LogP contribution in [0.4, 0.5) is 0 Å². The molecule has 0 saturated carbocycles. The number of rotatable bonds is 4. The summed E-state index contributed by atoms with van der Waals surface area (Å²) in [6.07, 6.45) is 0.975. The Balaban J connectivity index is 3.58. The van der Waals surface area contributed by atoms with E-state index in [-0.39, 0.29) is 5.54 Å². The van der Waals surface area contributed by atoms with Crippen LogP contribution in [0.25, 0.3) is 0 Å². The molecule has 0 aliphatic heterocycles. The van der Waals surface area contributed by atoms with Crippen LogP contribution in [0.15, 0.2) is 0 Å². The van der Waals surface area contributed by atoms with Gasteiger partial charge in [0, 0.05) is 27.8 Å². The Morgan fingerprint density at radius 3 is 2.30 bits per heavy atom. The molecule has 0 aromatic rings. The summed E-state index contributed by atoms with van der Waals surface area (Å²) >= 11 is 0. The SMILES string of the molecule is CCCS(=O)CC(C)(C)N. The summed E-state index contributed by atoms with van der Waals surface area (Å²) in [5.41, 5.74) is 5.40. The van der Waals surface area contributed by atoms with E-state index < -0.39 is 10.8 Å². The lowest BCUT2D eigenvalue weighted by Crippen LogP contribution is -2.38. The highest BCUT2D eigenvalue weighted by atomic mass is 32.2. The minimum atomic E-state index is -0.715. The molecule has 10 heavy (non-hydrogen) atoms. The van der Waals surface area contributed by atoms with Crippen molar-refractivity contribution < 1.29 is 4.21 Å². The van der Waals surface area contributed by atoms with Gasteiger partial charge >= 0.3 is 0 Å². The summed E-state index contributed by atoms with van der Waals surface area (Å²) in [6.45, 7) is 5.84. The minimum Gasteiger partial charge on any atom is -0.325 e. The molecule has 0 aliphatic rings. The fraction of sp³-hybridized carbons (Fsp3) is 1.00. The first kappa shape index (κ1) is 10.1. The van der Waals surface area contributed by atoms with Crippen molar-refractivity contribution in [3.05, 3.63) is 0 Å². The third-order valence-electron chi connectivity index (χ3n) is 0.965. The standard InChI is InChI=1S/C7H17NOS/c1-4-5-10(9)6-7(2,3)8/h4-6,8H2,1-3H3. The second-order valence-electron chi connectivity index (χ2n) is 3.28. The van der Waals surface area contributed by atoms with E-state index in [0.29, 0.717) is 5.75 Å². The van der Waals surface area contributed by atoms with E-state index in [2.05, 4.69) is 0 Å². The molecule has 0 spiro atoms. The predicted octanol–water partition coefficient (Wildman–Crippen LogP) is 0.882. The van der Waals surface area contributed by atoms with Crippen LogP contribution in [-0.4, -0.2) is 21.3 Å². The summed E-state index contributed by atoms with van der Waals surface area (Å²) in [6, 6.07) is 0. The van der Waals surface area contributed by atoms with Gasteiger partial charge in [-0.1, -0.05) is 6.92 Å². The highest BCUT2D eigenvalue weighted by Gasteiger charge is 2.13. The van der Waals surface area contributed by atoms with Crippen molar-refractivity contribution in [2.45, 2.75) is 32.7 Å². The van der Waals surface area contributed by atoms with Gasteiger partial charge in [-0.25, -0.2) is 0 Å². The van der Waals surface area contributed by atoms with E-state index in [9.17, 15) is 4.21 Å². The zero-order chi connectivity index (χ0) is 8.20. The number of hydrogen-bond donors (Lipinski definition) is 1. The lowest BCUT2D eigenvalue weighted by Gasteiger charge is -2.16. The summed E-state index contributed by atoms with van der Waals surface area (Å²) in [5.74, 6) is 1.39. The Kier molecular flexibility index (Phi) is 4.13. The number of nitrogens with two attached hydrogens (primary N) is 1. The molecule has 0 bridgehead atoms. The summed E-state index contributed by atoms with van der Waals surface area (Å²) < 4.78 is 11.1. The molecule has 2 nitrogen and oxygen atoms in total. The Morgan fingerprint density at radius 1 is 1.50 bits per heavy atom. The van der Waals surface area contributed by atoms with Crippen LogP contribution in [0, 0.1) is 0 Å². The Labute approximate surface area is 65.6 Å². The molecule has 0 aliphatic carbocycles. The average molecular weight is 163 g/mol. The van der Waals surface area contributed by atoms with E-state index in [1.165, 1.54) is 0 Å². The van der Waals surface area contributed by atoms with Crippen LogP contribution in [0.3, 0.4) is 0 Å². The van der Waals surface area contributed by atoms with Crippen LogP contribution in [0.1, 0.15) is 27.2 Å². The van der Waals surface area contributed by atoms with Crippen molar-refractivity contribution >= 4 is 10.8 Å². The molecule has 3 heteroatoms. The van der Waals surface area contributed by atoms with Crippen LogP contribution in [0.5, 0.6) is 0 Å². The van der Waals surface area contributed by atoms with Gasteiger partial charge in [0.25, 0.3) is 0 Å². The Hall–Kier alpha value is 0.110. The molecule has 0 amide bonds. The van der Waals surface area contributed by atoms with Crippen molar-refractivity contribution in [2.24, 2.45) is 5.73 Å². The zero-order valence-corrected chi connectivity index (χ0v) is 7.83. The van der Waals surface area contributed by atoms with Gasteiger partial charge in [0.1, 0.15) is 0 Å². The highest BCUT2D eigenvalue weighted by molar-refractivity contribution is 7.85. The van der Waals surface area contributed by atoms with E-state index in [1.54, 1.807) is 0 Å². The summed E-state index contributed by atoms with van der Waals surface area (Å²) in [4.78, 5) is 0. The van der Waals surface area contributed by atoms with E-state index >= 15 is 0 Å². The lowest BCUT2D eigenvalue weighted by molar-refractivity contribution is 0.577. The van der Waals surface area contributed by atoms with Gasteiger partial charge in [-0.05, 0) is 20.3 Å². The predicted molar refractivity (Wildman–Crippen MR) is 46.4 cm³/mol. The van der Waals surface area contributed by atoms with Crippen molar-refractivity contribution in [1.29, 1.82) is 0 Å². The van der Waals surface area contributed by atoms with Gasteiger partial charge in [0.2, 0.25) is 0 Å². The first-order chi connectivity index (χ1) is 4.45. The molecular weight excluding hydrogens is 146 g/mol. The average Bonchev–Trinajstić information content (AvgIpc) is 1.59. The molecular formula is C7H17NOS. The van der Waals surface area contributed by atoms with Crippen molar-refractivity contribution in [2.75, 3.05) is 11.5 Å². The van der Waals surface area contributed by atoms with Crippen LogP contribution < -0.4 is 5.73 Å². The second-order valence-corrected chi connectivity index (χ2v) is 4.85. The maximum atomic E-state index is 11.1. The molecule has 0 fully saturated rings. The minimum absolute atomic E-state index is 0.278. The molecule has 0 heterocycles. The molecule has 62 valence electrons. The molecule has 0 aromatic carbocycles. The van der Waals surface area contributed by atoms with Gasteiger partial charge in [0.05, 0.1) is 0 Å². The Bertz CT molecular complexity index is 117. The topological polar surface area (TPSA) is 43.1 Å². The maximum Gasteiger partial charge on any atom is 0.0409 e. The number of hydrogen-bond acceptors (Lipinski definition) is 2. The lowest BCUT2D eigenvalue weighted by atomic mass is 10.1. The smallest absolute Gasteiger partial charge is 0.0409 e. The first-order valence-corrected chi connectivity index (χ1v) is 5.08. The largest absolute Gasteiger partial charge is 0.325 e. The third-order valence-corrected chi connectivity index (χ3v) is 2.89. The molecule has 0 radical (unpaired) electrons. The molecule has 0 saturated heterocycles. The van der Waals surface area contributed by atoms with E-state index in [0.717, 1.165) is 12.2 Å². The van der Waals surface area contributed by atoms with Crippen LogP contribution in [-0.2, 0) is 10.8 Å². The quantitative estimate of drug-likeness (QED) is 0.668. The van der Waals surface area contributed by atoms with Gasteiger partial charge < -0.3 is 5.73 Å². The summed E-state index contributed by atoms with van der Waals surface area (Å²) in [7, 11) is -0.715. The third kappa shape index (κ3) is 6.23. The molecule has 2 N–H and O–H groups in total. The summed E-state index contributed by atoms with van der Waals surface area (Å²) in [5, 5.41) is 0. The molecule has 0 aromatic heterocycles. The van der Waals surface area contributed by atoms with E-state index in [1.807, 2.05) is 20.8 Å². The van der Waals surface area contributed by atoms with Crippen molar-refractivity contribution in [1.82, 2.24) is 0 Å². The van der Waals surface area contributed by atoms with Gasteiger partial charge in [-0.2, -0.15) is 0 Å². The highest BCUT2D eigenvalue weighted by Crippen LogP contribution is 2.00. The van der Waals surface area contributed by atoms with Crippen molar-refractivity contribution in [3.8, 4) is 0 Å². The Morgan fingerprint density at radius 2 is 2.00 bits per heavy atom. The van der Waals surface area contributed by atoms with Crippen LogP contribution >= 0.6 is 0 Å². The fourth-order valence-corrected chi connectivity index (χ4v) is 2.14. The molecule has 1 unspecified atom stereocenters. The molecule has 1 atom stereocenters. The first-order valence-electron chi connectivity index (χ1n) is 3.59. The zero-order valence-electron chi connectivity index (χ0n) is 7.02. The maximum absolute atomic E-state index is 11.1. The van der Waals surface area contributed by atoms with Crippen LogP contribution in [0.2, 0.25) is 0 Å².